The van der Waals surface area contributed by atoms with Crippen LogP contribution < -0.4 is 5.32 Å². The molecular formula is C10H16N2. The minimum absolute atomic E-state index is 0.735. The standard InChI is InChI=1S/C10H16N2/c1-12-7-3-5-10(12)9-4-2-6-11-8-9/h3,5,7,9,11H,2,4,6,8H2,1H3/t9-/m1/s1. The minimum Gasteiger partial charge on any atom is -0.354 e. The molecule has 0 amide bonds. The molecule has 1 aliphatic rings. The van der Waals surface area contributed by atoms with Crippen LogP contribution in [0.5, 0.6) is 0 Å². The second-order valence-electron chi connectivity index (χ2n) is 3.59. The molecule has 66 valence electrons. The van der Waals surface area contributed by atoms with Crippen LogP contribution in [-0.4, -0.2) is 17.7 Å². The van der Waals surface area contributed by atoms with Crippen molar-refractivity contribution in [2.24, 2.45) is 7.05 Å². The third-order valence-electron chi connectivity index (χ3n) is 2.70. The first-order chi connectivity index (χ1) is 5.88. The highest BCUT2D eigenvalue weighted by Crippen LogP contribution is 2.22. The van der Waals surface area contributed by atoms with Crippen molar-refractivity contribution in [3.63, 3.8) is 0 Å². The zero-order chi connectivity index (χ0) is 8.39. The number of hydrogen-bond acceptors (Lipinski definition) is 1. The van der Waals surface area contributed by atoms with Crippen LogP contribution in [0.1, 0.15) is 24.5 Å². The van der Waals surface area contributed by atoms with Gasteiger partial charge >= 0.3 is 0 Å². The second-order valence-corrected chi connectivity index (χ2v) is 3.59. The fourth-order valence-corrected chi connectivity index (χ4v) is 2.00. The summed E-state index contributed by atoms with van der Waals surface area (Å²) in [5, 5.41) is 3.44. The summed E-state index contributed by atoms with van der Waals surface area (Å²) in [6.45, 7) is 2.35. The molecule has 0 aliphatic carbocycles. The summed E-state index contributed by atoms with van der Waals surface area (Å²) in [5.74, 6) is 0.735. The quantitative estimate of drug-likeness (QED) is 0.665. The van der Waals surface area contributed by atoms with Crippen molar-refractivity contribution in [3.05, 3.63) is 24.0 Å². The van der Waals surface area contributed by atoms with Crippen molar-refractivity contribution >= 4 is 0 Å². The SMILES string of the molecule is Cn1cccc1[C@@H]1CCCNC1. The Morgan fingerprint density at radius 3 is 3.08 bits per heavy atom. The first-order valence-corrected chi connectivity index (χ1v) is 4.70. The Balaban J connectivity index is 2.13. The number of nitrogens with zero attached hydrogens (tertiary/aromatic N) is 1. The molecule has 0 bridgehead atoms. The highest BCUT2D eigenvalue weighted by molar-refractivity contribution is 5.13. The molecular weight excluding hydrogens is 148 g/mol. The summed E-state index contributed by atoms with van der Waals surface area (Å²) in [4.78, 5) is 0. The third kappa shape index (κ3) is 1.39. The summed E-state index contributed by atoms with van der Waals surface area (Å²) >= 11 is 0. The Morgan fingerprint density at radius 2 is 2.50 bits per heavy atom. The van der Waals surface area contributed by atoms with Crippen molar-refractivity contribution in [2.75, 3.05) is 13.1 Å². The third-order valence-corrected chi connectivity index (χ3v) is 2.70. The molecule has 0 aromatic carbocycles. The Morgan fingerprint density at radius 1 is 1.58 bits per heavy atom. The fraction of sp³-hybridized carbons (Fsp3) is 0.600. The van der Waals surface area contributed by atoms with Crippen molar-refractivity contribution in [1.29, 1.82) is 0 Å². The van der Waals surface area contributed by atoms with Gasteiger partial charge in [0.2, 0.25) is 0 Å². The highest BCUT2D eigenvalue weighted by Gasteiger charge is 2.16. The van der Waals surface area contributed by atoms with Gasteiger partial charge in [0.1, 0.15) is 0 Å². The van der Waals surface area contributed by atoms with Gasteiger partial charge in [-0.1, -0.05) is 0 Å². The molecule has 0 radical (unpaired) electrons. The summed E-state index contributed by atoms with van der Waals surface area (Å²) in [6, 6.07) is 4.36. The van der Waals surface area contributed by atoms with Gasteiger partial charge in [-0.25, -0.2) is 0 Å². The summed E-state index contributed by atoms with van der Waals surface area (Å²) in [6.07, 6.45) is 4.78. The molecule has 2 heteroatoms. The molecule has 1 aliphatic heterocycles. The molecule has 1 saturated heterocycles. The van der Waals surface area contributed by atoms with Crippen LogP contribution in [0.3, 0.4) is 0 Å². The van der Waals surface area contributed by atoms with Crippen molar-refractivity contribution in [1.82, 2.24) is 9.88 Å². The van der Waals surface area contributed by atoms with E-state index < -0.39 is 0 Å². The number of aromatic nitrogens is 1. The molecule has 0 unspecified atom stereocenters. The zero-order valence-corrected chi connectivity index (χ0v) is 7.59. The van der Waals surface area contributed by atoms with Gasteiger partial charge in [-0.05, 0) is 31.5 Å². The normalized spacial score (nSPS) is 24.2. The summed E-state index contributed by atoms with van der Waals surface area (Å²) in [5.41, 5.74) is 1.47. The van der Waals surface area contributed by atoms with E-state index in [0.717, 1.165) is 12.5 Å². The smallest absolute Gasteiger partial charge is 0.0215 e. The first-order valence-electron chi connectivity index (χ1n) is 4.70. The lowest BCUT2D eigenvalue weighted by Gasteiger charge is -2.23. The Hall–Kier alpha value is -0.760. The van der Waals surface area contributed by atoms with Gasteiger partial charge in [0.05, 0.1) is 0 Å². The number of nitrogens with one attached hydrogen (secondary N) is 1. The lowest BCUT2D eigenvalue weighted by molar-refractivity contribution is 0.447. The topological polar surface area (TPSA) is 17.0 Å². The zero-order valence-electron chi connectivity index (χ0n) is 7.59. The maximum absolute atomic E-state index is 3.44. The molecule has 0 saturated carbocycles. The molecule has 1 aromatic heterocycles. The second kappa shape index (κ2) is 3.31. The van der Waals surface area contributed by atoms with Gasteiger partial charge in [-0.15, -0.1) is 0 Å². The van der Waals surface area contributed by atoms with Crippen LogP contribution in [-0.2, 0) is 7.05 Å². The number of aryl methyl sites for hydroxylation is 1. The lowest BCUT2D eigenvalue weighted by Crippen LogP contribution is -2.29. The van der Waals surface area contributed by atoms with E-state index in [2.05, 4.69) is 35.3 Å². The van der Waals surface area contributed by atoms with Crippen LogP contribution in [0, 0.1) is 0 Å². The molecule has 1 fully saturated rings. The molecule has 0 spiro atoms. The predicted molar refractivity (Wildman–Crippen MR) is 50.3 cm³/mol. The largest absolute Gasteiger partial charge is 0.354 e. The van der Waals surface area contributed by atoms with Crippen molar-refractivity contribution in [3.8, 4) is 0 Å². The van der Waals surface area contributed by atoms with Gasteiger partial charge < -0.3 is 9.88 Å². The number of hydrogen-bond donors (Lipinski definition) is 1. The average Bonchev–Trinajstić information content (AvgIpc) is 2.53. The van der Waals surface area contributed by atoms with Crippen LogP contribution in [0.2, 0.25) is 0 Å². The van der Waals surface area contributed by atoms with Crippen LogP contribution in [0.25, 0.3) is 0 Å². The maximum Gasteiger partial charge on any atom is 0.0215 e. The van der Waals surface area contributed by atoms with E-state index in [1.165, 1.54) is 25.1 Å². The van der Waals surface area contributed by atoms with E-state index >= 15 is 0 Å². The Kier molecular flexibility index (Phi) is 2.17. The predicted octanol–water partition coefficient (Wildman–Crippen LogP) is 1.49. The maximum atomic E-state index is 3.44. The van der Waals surface area contributed by atoms with Crippen molar-refractivity contribution in [2.45, 2.75) is 18.8 Å². The van der Waals surface area contributed by atoms with E-state index in [1.54, 1.807) is 0 Å². The minimum atomic E-state index is 0.735. The summed E-state index contributed by atoms with van der Waals surface area (Å²) < 4.78 is 2.23. The van der Waals surface area contributed by atoms with Gasteiger partial charge in [-0.3, -0.25) is 0 Å². The van der Waals surface area contributed by atoms with Gasteiger partial charge in [-0.2, -0.15) is 0 Å². The molecule has 12 heavy (non-hydrogen) atoms. The fourth-order valence-electron chi connectivity index (χ4n) is 2.00. The molecule has 1 atom stereocenters. The van der Waals surface area contributed by atoms with E-state index in [0.29, 0.717) is 0 Å². The molecule has 1 aromatic rings. The van der Waals surface area contributed by atoms with E-state index in [-0.39, 0.29) is 0 Å². The lowest BCUT2D eigenvalue weighted by atomic mass is 9.96. The van der Waals surface area contributed by atoms with Gasteiger partial charge in [0.15, 0.2) is 0 Å². The Bertz CT molecular complexity index is 246. The Labute approximate surface area is 73.6 Å². The van der Waals surface area contributed by atoms with E-state index in [1.807, 2.05) is 0 Å². The first kappa shape index (κ1) is 7.87. The van der Waals surface area contributed by atoms with E-state index in [4.69, 9.17) is 0 Å². The van der Waals surface area contributed by atoms with Crippen molar-refractivity contribution < 1.29 is 0 Å². The monoisotopic (exact) mass is 164 g/mol. The number of rotatable bonds is 1. The van der Waals surface area contributed by atoms with Crippen LogP contribution in [0.15, 0.2) is 18.3 Å². The average molecular weight is 164 g/mol. The summed E-state index contributed by atoms with van der Waals surface area (Å²) in [7, 11) is 2.13. The molecule has 2 rings (SSSR count). The van der Waals surface area contributed by atoms with E-state index in [9.17, 15) is 0 Å². The highest BCUT2D eigenvalue weighted by atomic mass is 15.0. The number of piperidine rings is 1. The molecule has 2 nitrogen and oxygen atoms in total. The molecule has 1 N–H and O–H groups in total. The van der Waals surface area contributed by atoms with Crippen LogP contribution >= 0.6 is 0 Å². The van der Waals surface area contributed by atoms with Crippen LogP contribution in [0.4, 0.5) is 0 Å². The van der Waals surface area contributed by atoms with Gasteiger partial charge in [0.25, 0.3) is 0 Å². The molecule has 2 heterocycles. The van der Waals surface area contributed by atoms with Gasteiger partial charge in [0, 0.05) is 31.4 Å².